The zero-order valence-corrected chi connectivity index (χ0v) is 12.7. The predicted octanol–water partition coefficient (Wildman–Crippen LogP) is 3.58. The first-order chi connectivity index (χ1) is 9.63. The minimum atomic E-state index is 0.372. The summed E-state index contributed by atoms with van der Waals surface area (Å²) < 4.78 is 7.67. The van der Waals surface area contributed by atoms with E-state index < -0.39 is 0 Å². The van der Waals surface area contributed by atoms with E-state index in [1.165, 1.54) is 5.56 Å². The van der Waals surface area contributed by atoms with Crippen LogP contribution in [0.3, 0.4) is 0 Å². The number of hydrogen-bond acceptors (Lipinski definition) is 3. The Hall–Kier alpha value is -1.81. The Morgan fingerprint density at radius 2 is 2.10 bits per heavy atom. The maximum Gasteiger partial charge on any atom is 0.217 e. The number of aryl methyl sites for hydroxylation is 2. The molecule has 0 radical (unpaired) electrons. The Kier molecular flexibility index (Phi) is 4.79. The van der Waals surface area contributed by atoms with E-state index in [2.05, 4.69) is 36.4 Å². The highest BCUT2D eigenvalue weighted by atomic mass is 16.5. The second-order valence-corrected chi connectivity index (χ2v) is 4.94. The van der Waals surface area contributed by atoms with Gasteiger partial charge in [0.05, 0.1) is 5.69 Å². The lowest BCUT2D eigenvalue weighted by molar-refractivity contribution is 0.428. The van der Waals surface area contributed by atoms with Crippen molar-refractivity contribution < 1.29 is 4.74 Å². The first kappa shape index (κ1) is 14.6. The average molecular weight is 273 g/mol. The standard InChI is InChI=1S/C16H23N3O/c1-5-15(17-6-2)13-8-7-9-14(11-13)20-16-10-12(3)18-19(16)4/h7-11,15,17H,5-6H2,1-4H3. The van der Waals surface area contributed by atoms with Crippen LogP contribution in [0.15, 0.2) is 30.3 Å². The highest BCUT2D eigenvalue weighted by molar-refractivity contribution is 5.33. The molecule has 1 unspecified atom stereocenters. The summed E-state index contributed by atoms with van der Waals surface area (Å²) in [6.07, 6.45) is 1.06. The minimum Gasteiger partial charge on any atom is -0.439 e. The van der Waals surface area contributed by atoms with Crippen molar-refractivity contribution in [3.8, 4) is 11.6 Å². The zero-order valence-electron chi connectivity index (χ0n) is 12.7. The van der Waals surface area contributed by atoms with Gasteiger partial charge in [0.2, 0.25) is 5.88 Å². The predicted molar refractivity (Wildman–Crippen MR) is 81.2 cm³/mol. The van der Waals surface area contributed by atoms with Gasteiger partial charge in [-0.15, -0.1) is 0 Å². The summed E-state index contributed by atoms with van der Waals surface area (Å²) >= 11 is 0. The van der Waals surface area contributed by atoms with E-state index in [1.54, 1.807) is 4.68 Å². The van der Waals surface area contributed by atoms with Gasteiger partial charge < -0.3 is 10.1 Å². The van der Waals surface area contributed by atoms with Crippen molar-refractivity contribution in [3.05, 3.63) is 41.6 Å². The summed E-state index contributed by atoms with van der Waals surface area (Å²) in [7, 11) is 1.89. The van der Waals surface area contributed by atoms with Crippen molar-refractivity contribution in [2.45, 2.75) is 33.2 Å². The van der Waals surface area contributed by atoms with Gasteiger partial charge in [0.1, 0.15) is 5.75 Å². The quantitative estimate of drug-likeness (QED) is 0.874. The second-order valence-electron chi connectivity index (χ2n) is 4.94. The zero-order chi connectivity index (χ0) is 14.5. The molecule has 1 aromatic carbocycles. The molecule has 0 aliphatic carbocycles. The molecule has 0 bridgehead atoms. The van der Waals surface area contributed by atoms with Gasteiger partial charge in [0.15, 0.2) is 0 Å². The van der Waals surface area contributed by atoms with Crippen molar-refractivity contribution in [1.82, 2.24) is 15.1 Å². The monoisotopic (exact) mass is 273 g/mol. The highest BCUT2D eigenvalue weighted by Crippen LogP contribution is 2.26. The lowest BCUT2D eigenvalue weighted by Gasteiger charge is -2.17. The molecule has 2 aromatic rings. The molecule has 4 heteroatoms. The third-order valence-corrected chi connectivity index (χ3v) is 3.30. The van der Waals surface area contributed by atoms with Crippen LogP contribution in [-0.2, 0) is 7.05 Å². The van der Waals surface area contributed by atoms with Gasteiger partial charge in [-0.25, -0.2) is 4.68 Å². The minimum absolute atomic E-state index is 0.372. The van der Waals surface area contributed by atoms with Crippen LogP contribution in [0.5, 0.6) is 11.6 Å². The average Bonchev–Trinajstić information content (AvgIpc) is 2.74. The Labute approximate surface area is 120 Å². The largest absolute Gasteiger partial charge is 0.439 e. The van der Waals surface area contributed by atoms with Crippen LogP contribution >= 0.6 is 0 Å². The number of nitrogens with zero attached hydrogens (tertiary/aromatic N) is 2. The number of ether oxygens (including phenoxy) is 1. The van der Waals surface area contributed by atoms with Crippen molar-refractivity contribution in [2.24, 2.45) is 7.05 Å². The van der Waals surface area contributed by atoms with Gasteiger partial charge in [-0.3, -0.25) is 0 Å². The van der Waals surface area contributed by atoms with Crippen LogP contribution < -0.4 is 10.1 Å². The second kappa shape index (κ2) is 6.57. The topological polar surface area (TPSA) is 39.1 Å². The molecule has 0 spiro atoms. The summed E-state index contributed by atoms with van der Waals surface area (Å²) in [5.41, 5.74) is 2.21. The van der Waals surface area contributed by atoms with Gasteiger partial charge in [-0.05, 0) is 37.6 Å². The number of aromatic nitrogens is 2. The van der Waals surface area contributed by atoms with Crippen molar-refractivity contribution in [3.63, 3.8) is 0 Å². The van der Waals surface area contributed by atoms with Gasteiger partial charge in [-0.2, -0.15) is 5.10 Å². The molecule has 0 aliphatic rings. The summed E-state index contributed by atoms with van der Waals surface area (Å²) in [6.45, 7) is 7.23. The molecule has 0 saturated carbocycles. The fraction of sp³-hybridized carbons (Fsp3) is 0.438. The number of benzene rings is 1. The van der Waals surface area contributed by atoms with Gasteiger partial charge in [0, 0.05) is 19.2 Å². The summed E-state index contributed by atoms with van der Waals surface area (Å²) in [6, 6.07) is 10.6. The molecule has 108 valence electrons. The van der Waals surface area contributed by atoms with E-state index >= 15 is 0 Å². The molecule has 20 heavy (non-hydrogen) atoms. The van der Waals surface area contributed by atoms with E-state index in [4.69, 9.17) is 4.74 Å². The molecular weight excluding hydrogens is 250 g/mol. The van der Waals surface area contributed by atoms with Crippen molar-refractivity contribution >= 4 is 0 Å². The van der Waals surface area contributed by atoms with E-state index in [0.717, 1.165) is 30.3 Å². The molecule has 2 rings (SSSR count). The van der Waals surface area contributed by atoms with Gasteiger partial charge in [0.25, 0.3) is 0 Å². The molecule has 0 aliphatic heterocycles. The molecule has 1 aromatic heterocycles. The third kappa shape index (κ3) is 3.39. The first-order valence-corrected chi connectivity index (χ1v) is 7.15. The summed E-state index contributed by atoms with van der Waals surface area (Å²) in [5.74, 6) is 1.61. The van der Waals surface area contributed by atoms with E-state index in [9.17, 15) is 0 Å². The highest BCUT2D eigenvalue weighted by Gasteiger charge is 2.10. The maximum absolute atomic E-state index is 5.92. The summed E-state index contributed by atoms with van der Waals surface area (Å²) in [5, 5.41) is 7.77. The Morgan fingerprint density at radius 3 is 2.70 bits per heavy atom. The van der Waals surface area contributed by atoms with Crippen LogP contribution in [0.2, 0.25) is 0 Å². The molecule has 1 N–H and O–H groups in total. The maximum atomic E-state index is 5.92. The fourth-order valence-corrected chi connectivity index (χ4v) is 2.34. The molecular formula is C16H23N3O. The van der Waals surface area contributed by atoms with E-state index in [0.29, 0.717) is 6.04 Å². The lowest BCUT2D eigenvalue weighted by Crippen LogP contribution is -2.19. The molecule has 0 saturated heterocycles. The number of hydrogen-bond donors (Lipinski definition) is 1. The normalized spacial score (nSPS) is 12.4. The van der Waals surface area contributed by atoms with Gasteiger partial charge >= 0.3 is 0 Å². The Morgan fingerprint density at radius 1 is 1.30 bits per heavy atom. The molecule has 1 heterocycles. The SMILES string of the molecule is CCNC(CC)c1cccc(Oc2cc(C)nn2C)c1. The van der Waals surface area contributed by atoms with E-state index in [1.807, 2.05) is 32.2 Å². The smallest absolute Gasteiger partial charge is 0.217 e. The Bertz CT molecular complexity index is 563. The molecule has 0 amide bonds. The van der Waals surface area contributed by atoms with Crippen LogP contribution in [0.25, 0.3) is 0 Å². The lowest BCUT2D eigenvalue weighted by atomic mass is 10.0. The van der Waals surface area contributed by atoms with E-state index in [-0.39, 0.29) is 0 Å². The molecule has 0 fully saturated rings. The van der Waals surface area contributed by atoms with Crippen LogP contribution in [-0.4, -0.2) is 16.3 Å². The van der Waals surface area contributed by atoms with Crippen molar-refractivity contribution in [2.75, 3.05) is 6.54 Å². The number of nitrogens with one attached hydrogen (secondary N) is 1. The van der Waals surface area contributed by atoms with Crippen LogP contribution in [0.1, 0.15) is 37.6 Å². The van der Waals surface area contributed by atoms with Crippen LogP contribution in [0.4, 0.5) is 0 Å². The third-order valence-electron chi connectivity index (χ3n) is 3.30. The Balaban J connectivity index is 2.19. The fourth-order valence-electron chi connectivity index (χ4n) is 2.34. The van der Waals surface area contributed by atoms with Crippen molar-refractivity contribution in [1.29, 1.82) is 0 Å². The molecule has 4 nitrogen and oxygen atoms in total. The first-order valence-electron chi connectivity index (χ1n) is 7.15. The van der Waals surface area contributed by atoms with Gasteiger partial charge in [-0.1, -0.05) is 26.0 Å². The summed E-state index contributed by atoms with van der Waals surface area (Å²) in [4.78, 5) is 0. The molecule has 1 atom stereocenters. The number of rotatable bonds is 6. The van der Waals surface area contributed by atoms with Crippen LogP contribution in [0, 0.1) is 6.92 Å².